The molecule has 7 heteroatoms. The molecule has 0 aromatic rings. The third-order valence-corrected chi connectivity index (χ3v) is 3.83. The van der Waals surface area contributed by atoms with Crippen molar-refractivity contribution < 1.29 is 47.3 Å². The van der Waals surface area contributed by atoms with Crippen molar-refractivity contribution in [3.63, 3.8) is 0 Å². The zero-order chi connectivity index (χ0) is 15.4. The van der Waals surface area contributed by atoms with Crippen LogP contribution in [-0.4, -0.2) is 43.1 Å². The number of rotatable bonds is 12. The Bertz CT molecular complexity index is 384. The minimum absolute atomic E-state index is 0. The number of hydrogen-bond donors (Lipinski definition) is 0. The molecule has 0 fully saturated rings. The number of amides is 1. The number of hydrogen-bond acceptors (Lipinski definition) is 4. The Morgan fingerprint density at radius 1 is 1.14 bits per heavy atom. The molecule has 118 valence electrons. The maximum atomic E-state index is 11.7. The van der Waals surface area contributed by atoms with Gasteiger partial charge in [-0.25, -0.2) is 8.42 Å². The molecular weight excluding hydrogens is 301 g/mol. The second kappa shape index (κ2) is 13.8. The van der Waals surface area contributed by atoms with Crippen LogP contribution in [0, 0.1) is 0 Å². The summed E-state index contributed by atoms with van der Waals surface area (Å²) < 4.78 is 31.4. The van der Waals surface area contributed by atoms with Crippen molar-refractivity contribution in [3.8, 4) is 0 Å². The number of allylic oxidation sites excluding steroid dienone is 1. The van der Waals surface area contributed by atoms with E-state index in [1.807, 2.05) is 6.08 Å². The van der Waals surface area contributed by atoms with E-state index >= 15 is 0 Å². The molecule has 0 aromatic heterocycles. The van der Waals surface area contributed by atoms with Gasteiger partial charge in [0.2, 0.25) is 5.91 Å². The SMILES string of the molecule is C=CCCCCCCCCC(=O)N(C)CCS(=O)(=O)[O-].[Na+]. The van der Waals surface area contributed by atoms with Gasteiger partial charge in [0.1, 0.15) is 0 Å². The molecule has 0 rings (SSSR count). The first-order valence-electron chi connectivity index (χ1n) is 7.15. The number of nitrogens with zero attached hydrogens (tertiary/aromatic N) is 1. The van der Waals surface area contributed by atoms with Crippen molar-refractivity contribution >= 4 is 16.0 Å². The van der Waals surface area contributed by atoms with Gasteiger partial charge >= 0.3 is 29.6 Å². The standard InChI is InChI=1S/C14H27NO4S.Na/c1-3-4-5-6-7-8-9-10-11-14(16)15(2)12-13-20(17,18)19;/h3H,1,4-13H2,2H3,(H,17,18,19);/q;+1/p-1. The first kappa shape index (κ1) is 23.4. The van der Waals surface area contributed by atoms with E-state index in [0.717, 1.165) is 25.7 Å². The molecule has 0 aliphatic rings. The molecule has 0 aromatic carbocycles. The van der Waals surface area contributed by atoms with E-state index in [1.165, 1.54) is 31.2 Å². The summed E-state index contributed by atoms with van der Waals surface area (Å²) in [7, 11) is -2.71. The Labute approximate surface area is 151 Å². The van der Waals surface area contributed by atoms with Gasteiger partial charge < -0.3 is 9.45 Å². The second-order valence-electron chi connectivity index (χ2n) is 5.03. The summed E-state index contributed by atoms with van der Waals surface area (Å²) in [4.78, 5) is 13.0. The summed E-state index contributed by atoms with van der Waals surface area (Å²) in [5, 5.41) is 0. The monoisotopic (exact) mass is 327 g/mol. The Kier molecular flexibility index (Phi) is 15.3. The maximum Gasteiger partial charge on any atom is 1.00 e. The third-order valence-electron chi connectivity index (χ3n) is 3.15. The molecule has 0 saturated heterocycles. The predicted molar refractivity (Wildman–Crippen MR) is 79.3 cm³/mol. The molecule has 0 aliphatic carbocycles. The molecular formula is C14H26NNaO4S. The molecule has 0 saturated carbocycles. The fraction of sp³-hybridized carbons (Fsp3) is 0.786. The molecule has 0 unspecified atom stereocenters. The largest absolute Gasteiger partial charge is 1.00 e. The van der Waals surface area contributed by atoms with Crippen molar-refractivity contribution in [2.75, 3.05) is 19.3 Å². The first-order valence-corrected chi connectivity index (χ1v) is 8.73. The Morgan fingerprint density at radius 2 is 1.67 bits per heavy atom. The first-order chi connectivity index (χ1) is 9.37. The average Bonchev–Trinajstić information content (AvgIpc) is 2.38. The Hall–Kier alpha value is 0.120. The molecule has 1 amide bonds. The normalized spacial score (nSPS) is 10.8. The van der Waals surface area contributed by atoms with Crippen LogP contribution in [0.15, 0.2) is 12.7 Å². The smallest absolute Gasteiger partial charge is 0.748 e. The van der Waals surface area contributed by atoms with Crippen LogP contribution in [0.5, 0.6) is 0 Å². The van der Waals surface area contributed by atoms with Crippen LogP contribution in [0.25, 0.3) is 0 Å². The predicted octanol–water partition coefficient (Wildman–Crippen LogP) is -0.699. The Morgan fingerprint density at radius 3 is 2.19 bits per heavy atom. The molecule has 0 heterocycles. The van der Waals surface area contributed by atoms with E-state index in [4.69, 9.17) is 0 Å². The third kappa shape index (κ3) is 16.3. The summed E-state index contributed by atoms with van der Waals surface area (Å²) in [6.07, 6.45) is 9.89. The molecule has 0 bridgehead atoms. The van der Waals surface area contributed by atoms with Crippen LogP contribution in [0.1, 0.15) is 51.4 Å². The molecule has 0 aliphatic heterocycles. The molecule has 21 heavy (non-hydrogen) atoms. The van der Waals surface area contributed by atoms with Crippen LogP contribution < -0.4 is 29.6 Å². The van der Waals surface area contributed by atoms with Crippen LogP contribution in [0.2, 0.25) is 0 Å². The molecule has 0 atom stereocenters. The fourth-order valence-corrected chi connectivity index (χ4v) is 2.33. The van der Waals surface area contributed by atoms with Crippen molar-refractivity contribution in [3.05, 3.63) is 12.7 Å². The zero-order valence-corrected chi connectivity index (χ0v) is 16.2. The topological polar surface area (TPSA) is 77.5 Å². The average molecular weight is 327 g/mol. The van der Waals surface area contributed by atoms with E-state index in [9.17, 15) is 17.8 Å². The zero-order valence-electron chi connectivity index (χ0n) is 13.3. The molecule has 5 nitrogen and oxygen atoms in total. The van der Waals surface area contributed by atoms with Crippen LogP contribution in [0.4, 0.5) is 0 Å². The van der Waals surface area contributed by atoms with E-state index in [-0.39, 0.29) is 42.0 Å². The van der Waals surface area contributed by atoms with Gasteiger partial charge in [0, 0.05) is 20.0 Å². The quantitative estimate of drug-likeness (QED) is 0.206. The van der Waals surface area contributed by atoms with Gasteiger partial charge in [-0.2, -0.15) is 0 Å². The fourth-order valence-electron chi connectivity index (χ4n) is 1.84. The van der Waals surface area contributed by atoms with Crippen molar-refractivity contribution in [1.29, 1.82) is 0 Å². The summed E-state index contributed by atoms with van der Waals surface area (Å²) in [5.41, 5.74) is 0. The van der Waals surface area contributed by atoms with Gasteiger partial charge in [-0.15, -0.1) is 6.58 Å². The summed E-state index contributed by atoms with van der Waals surface area (Å²) in [6.45, 7) is 3.65. The van der Waals surface area contributed by atoms with Crippen molar-refractivity contribution in [1.82, 2.24) is 4.90 Å². The van der Waals surface area contributed by atoms with E-state index in [1.54, 1.807) is 0 Å². The van der Waals surface area contributed by atoms with Gasteiger partial charge in [-0.05, 0) is 19.3 Å². The van der Waals surface area contributed by atoms with Crippen molar-refractivity contribution in [2.24, 2.45) is 0 Å². The van der Waals surface area contributed by atoms with Gasteiger partial charge in [0.05, 0.1) is 15.9 Å². The van der Waals surface area contributed by atoms with Crippen LogP contribution in [0.3, 0.4) is 0 Å². The van der Waals surface area contributed by atoms with E-state index < -0.39 is 15.9 Å². The molecule has 0 spiro atoms. The Balaban J connectivity index is 0. The van der Waals surface area contributed by atoms with Gasteiger partial charge in [0.25, 0.3) is 0 Å². The maximum absolute atomic E-state index is 11.7. The molecule has 0 radical (unpaired) electrons. The number of carbonyl (C=O) groups excluding carboxylic acids is 1. The van der Waals surface area contributed by atoms with Gasteiger partial charge in [-0.1, -0.05) is 31.8 Å². The second-order valence-corrected chi connectivity index (χ2v) is 6.55. The van der Waals surface area contributed by atoms with Gasteiger partial charge in [-0.3, -0.25) is 4.79 Å². The van der Waals surface area contributed by atoms with Crippen LogP contribution in [-0.2, 0) is 14.9 Å². The summed E-state index contributed by atoms with van der Waals surface area (Å²) in [6, 6.07) is 0. The number of unbranched alkanes of at least 4 members (excludes halogenated alkanes) is 6. The number of carbonyl (C=O) groups is 1. The summed E-state index contributed by atoms with van der Waals surface area (Å²) >= 11 is 0. The van der Waals surface area contributed by atoms with E-state index in [0.29, 0.717) is 6.42 Å². The minimum Gasteiger partial charge on any atom is -0.748 e. The summed E-state index contributed by atoms with van der Waals surface area (Å²) in [5.74, 6) is -0.612. The van der Waals surface area contributed by atoms with Crippen LogP contribution >= 0.6 is 0 Å². The minimum atomic E-state index is -4.24. The molecule has 0 N–H and O–H groups in total. The van der Waals surface area contributed by atoms with Gasteiger partial charge in [0.15, 0.2) is 0 Å². The van der Waals surface area contributed by atoms with Crippen molar-refractivity contribution in [2.45, 2.75) is 51.4 Å². The van der Waals surface area contributed by atoms with E-state index in [2.05, 4.69) is 6.58 Å².